The summed E-state index contributed by atoms with van der Waals surface area (Å²) in [7, 11) is 0. The van der Waals surface area contributed by atoms with Crippen molar-refractivity contribution in [2.75, 3.05) is 0 Å². The third-order valence-corrected chi connectivity index (χ3v) is 3.68. The van der Waals surface area contributed by atoms with E-state index in [4.69, 9.17) is 0 Å². The lowest BCUT2D eigenvalue weighted by molar-refractivity contribution is -0.384. The number of phenolic OH excluding ortho intramolecular Hbond substituents is 1. The van der Waals surface area contributed by atoms with E-state index in [9.17, 15) is 20.0 Å². The van der Waals surface area contributed by atoms with Gasteiger partial charge in [0, 0.05) is 18.7 Å². The van der Waals surface area contributed by atoms with Crippen molar-refractivity contribution in [3.8, 4) is 5.75 Å². The van der Waals surface area contributed by atoms with Gasteiger partial charge in [0.15, 0.2) is 0 Å². The van der Waals surface area contributed by atoms with Gasteiger partial charge in [-0.05, 0) is 28.5 Å². The monoisotopic (exact) mass is 322 g/mol. The van der Waals surface area contributed by atoms with E-state index in [-0.39, 0.29) is 23.5 Å². The number of nitrogens with one attached hydrogen (secondary N) is 1. The Labute approximate surface area is 137 Å². The number of phenols is 1. The molecule has 120 valence electrons. The van der Waals surface area contributed by atoms with Crippen molar-refractivity contribution in [3.05, 3.63) is 81.9 Å². The molecule has 0 bridgehead atoms. The number of aromatic hydroxyl groups is 1. The number of rotatable bonds is 4. The number of carbonyl (C=O) groups is 1. The van der Waals surface area contributed by atoms with Crippen LogP contribution in [0.5, 0.6) is 5.75 Å². The lowest BCUT2D eigenvalue weighted by Gasteiger charge is -2.08. The molecule has 2 N–H and O–H groups in total. The van der Waals surface area contributed by atoms with E-state index < -0.39 is 10.8 Å². The number of benzene rings is 3. The summed E-state index contributed by atoms with van der Waals surface area (Å²) in [6, 6.07) is 16.6. The van der Waals surface area contributed by atoms with Crippen molar-refractivity contribution in [1.82, 2.24) is 5.32 Å². The molecule has 0 unspecified atom stereocenters. The molecule has 3 rings (SSSR count). The van der Waals surface area contributed by atoms with E-state index in [0.29, 0.717) is 5.56 Å². The van der Waals surface area contributed by atoms with Crippen LogP contribution in [0, 0.1) is 10.1 Å². The smallest absolute Gasteiger partial charge is 0.269 e. The second-order valence-corrected chi connectivity index (χ2v) is 5.33. The van der Waals surface area contributed by atoms with E-state index in [1.54, 1.807) is 18.2 Å². The van der Waals surface area contributed by atoms with Gasteiger partial charge in [-0.2, -0.15) is 0 Å². The van der Waals surface area contributed by atoms with Crippen LogP contribution in [-0.2, 0) is 6.54 Å². The number of non-ortho nitro benzene ring substituents is 1. The van der Waals surface area contributed by atoms with Crippen LogP contribution in [0.3, 0.4) is 0 Å². The predicted octanol–water partition coefficient (Wildman–Crippen LogP) is 3.38. The minimum atomic E-state index is -0.486. The highest BCUT2D eigenvalue weighted by Crippen LogP contribution is 2.25. The first-order chi connectivity index (χ1) is 11.5. The molecule has 0 aromatic heterocycles. The highest BCUT2D eigenvalue weighted by atomic mass is 16.6. The number of nitrogens with zero attached hydrogens (tertiary/aromatic N) is 1. The molecule has 0 saturated carbocycles. The molecule has 0 aliphatic heterocycles. The molecule has 0 fully saturated rings. The van der Waals surface area contributed by atoms with E-state index in [2.05, 4.69) is 5.32 Å². The molecule has 0 atom stereocenters. The quantitative estimate of drug-likeness (QED) is 0.569. The number of hydrogen-bond acceptors (Lipinski definition) is 4. The summed E-state index contributed by atoms with van der Waals surface area (Å²) in [6.45, 7) is 0.132. The lowest BCUT2D eigenvalue weighted by Crippen LogP contribution is -2.22. The summed E-state index contributed by atoms with van der Waals surface area (Å²) in [5.41, 5.74) is 0.743. The minimum absolute atomic E-state index is 0.0321. The van der Waals surface area contributed by atoms with Gasteiger partial charge in [0.05, 0.1) is 10.5 Å². The average molecular weight is 322 g/mol. The summed E-state index contributed by atoms with van der Waals surface area (Å²) in [4.78, 5) is 22.6. The van der Waals surface area contributed by atoms with Crippen LogP contribution in [0.4, 0.5) is 5.69 Å². The predicted molar refractivity (Wildman–Crippen MR) is 89.9 cm³/mol. The Hall–Kier alpha value is -3.41. The van der Waals surface area contributed by atoms with E-state index in [1.165, 1.54) is 18.2 Å². The Morgan fingerprint density at radius 1 is 1.04 bits per heavy atom. The first-order valence-electron chi connectivity index (χ1n) is 7.28. The fourth-order valence-electron chi connectivity index (χ4n) is 2.47. The fourth-order valence-corrected chi connectivity index (χ4v) is 2.47. The second kappa shape index (κ2) is 6.37. The van der Waals surface area contributed by atoms with Crippen LogP contribution < -0.4 is 5.32 Å². The van der Waals surface area contributed by atoms with Gasteiger partial charge < -0.3 is 10.4 Å². The summed E-state index contributed by atoms with van der Waals surface area (Å²) in [5, 5.41) is 25.2. The normalized spacial score (nSPS) is 10.5. The number of nitro groups is 1. The van der Waals surface area contributed by atoms with Gasteiger partial charge in [-0.3, -0.25) is 14.9 Å². The lowest BCUT2D eigenvalue weighted by atomic mass is 10.1. The Kier molecular flexibility index (Phi) is 4.11. The molecular formula is C18H14N2O4. The zero-order chi connectivity index (χ0) is 17.1. The van der Waals surface area contributed by atoms with Crippen molar-refractivity contribution in [3.63, 3.8) is 0 Å². The standard InChI is InChI=1S/C18H14N2O4/c21-17-10-14-6-2-1-5-13(14)9-16(17)18(22)19-11-12-4-3-7-15(8-12)20(23)24/h1-10,21H,11H2,(H,19,22). The summed E-state index contributed by atoms with van der Waals surface area (Å²) < 4.78 is 0. The molecule has 3 aromatic carbocycles. The Morgan fingerprint density at radius 2 is 1.75 bits per heavy atom. The molecule has 3 aromatic rings. The van der Waals surface area contributed by atoms with Gasteiger partial charge in [-0.15, -0.1) is 0 Å². The summed E-state index contributed by atoms with van der Waals surface area (Å²) in [5.74, 6) is -0.546. The third-order valence-electron chi connectivity index (χ3n) is 3.68. The Bertz CT molecular complexity index is 937. The maximum Gasteiger partial charge on any atom is 0.269 e. The first kappa shape index (κ1) is 15.5. The van der Waals surface area contributed by atoms with Crippen LogP contribution in [0.15, 0.2) is 60.7 Å². The number of nitro benzene ring substituents is 1. The second-order valence-electron chi connectivity index (χ2n) is 5.33. The molecule has 0 aliphatic rings. The molecule has 6 heteroatoms. The summed E-state index contributed by atoms with van der Waals surface area (Å²) in [6.07, 6.45) is 0. The van der Waals surface area contributed by atoms with Crippen molar-refractivity contribution in [1.29, 1.82) is 0 Å². The molecule has 0 aliphatic carbocycles. The fraction of sp³-hybridized carbons (Fsp3) is 0.0556. The van der Waals surface area contributed by atoms with Crippen LogP contribution in [-0.4, -0.2) is 15.9 Å². The van der Waals surface area contributed by atoms with E-state index >= 15 is 0 Å². The number of carbonyl (C=O) groups excluding carboxylic acids is 1. The molecule has 0 spiro atoms. The van der Waals surface area contributed by atoms with Crippen LogP contribution in [0.1, 0.15) is 15.9 Å². The van der Waals surface area contributed by atoms with Crippen LogP contribution in [0.2, 0.25) is 0 Å². The minimum Gasteiger partial charge on any atom is -0.507 e. The van der Waals surface area contributed by atoms with Crippen LogP contribution >= 0.6 is 0 Å². The van der Waals surface area contributed by atoms with Gasteiger partial charge in [0.25, 0.3) is 11.6 Å². The first-order valence-corrected chi connectivity index (χ1v) is 7.28. The largest absolute Gasteiger partial charge is 0.507 e. The van der Waals surface area contributed by atoms with Crippen molar-refractivity contribution < 1.29 is 14.8 Å². The number of fused-ring (bicyclic) bond motifs is 1. The molecule has 0 radical (unpaired) electrons. The molecule has 24 heavy (non-hydrogen) atoms. The molecule has 6 nitrogen and oxygen atoms in total. The van der Waals surface area contributed by atoms with Gasteiger partial charge in [-0.25, -0.2) is 0 Å². The number of amides is 1. The van der Waals surface area contributed by atoms with Gasteiger partial charge in [0.1, 0.15) is 5.75 Å². The maximum absolute atomic E-state index is 12.3. The summed E-state index contributed by atoms with van der Waals surface area (Å²) >= 11 is 0. The third kappa shape index (κ3) is 3.17. The average Bonchev–Trinajstić information content (AvgIpc) is 2.59. The highest BCUT2D eigenvalue weighted by Gasteiger charge is 2.13. The Morgan fingerprint density at radius 3 is 2.46 bits per heavy atom. The molecular weight excluding hydrogens is 308 g/mol. The molecule has 0 heterocycles. The van der Waals surface area contributed by atoms with Gasteiger partial charge >= 0.3 is 0 Å². The van der Waals surface area contributed by atoms with Crippen molar-refractivity contribution in [2.45, 2.75) is 6.54 Å². The zero-order valence-electron chi connectivity index (χ0n) is 12.6. The number of hydrogen-bond donors (Lipinski definition) is 2. The Balaban J connectivity index is 1.79. The van der Waals surface area contributed by atoms with Crippen molar-refractivity contribution in [2.24, 2.45) is 0 Å². The van der Waals surface area contributed by atoms with E-state index in [1.807, 2.05) is 24.3 Å². The van der Waals surface area contributed by atoms with Gasteiger partial charge in [-0.1, -0.05) is 36.4 Å². The van der Waals surface area contributed by atoms with E-state index in [0.717, 1.165) is 10.8 Å². The molecule has 1 amide bonds. The van der Waals surface area contributed by atoms with Crippen molar-refractivity contribution >= 4 is 22.4 Å². The SMILES string of the molecule is O=C(NCc1cccc([N+](=O)[O-])c1)c1cc2ccccc2cc1O. The molecule has 0 saturated heterocycles. The zero-order valence-corrected chi connectivity index (χ0v) is 12.6. The van der Waals surface area contributed by atoms with Gasteiger partial charge in [0.2, 0.25) is 0 Å². The highest BCUT2D eigenvalue weighted by molar-refractivity contribution is 6.01. The van der Waals surface area contributed by atoms with Crippen LogP contribution in [0.25, 0.3) is 10.8 Å². The maximum atomic E-state index is 12.3. The topological polar surface area (TPSA) is 92.5 Å².